The Kier molecular flexibility index (Phi) is 9.85. The maximum atomic E-state index is 11.9. The number of amides is 1. The molecule has 0 unspecified atom stereocenters. The van der Waals surface area contributed by atoms with E-state index in [-0.39, 0.29) is 29.9 Å². The maximum Gasteiger partial charge on any atom is 0.220 e. The Morgan fingerprint density at radius 1 is 1.16 bits per heavy atom. The van der Waals surface area contributed by atoms with Crippen molar-refractivity contribution in [3.63, 3.8) is 0 Å². The Morgan fingerprint density at radius 2 is 1.80 bits per heavy atom. The van der Waals surface area contributed by atoms with E-state index in [0.717, 1.165) is 5.69 Å². The number of aryl methyl sites for hydroxylation is 2. The van der Waals surface area contributed by atoms with Crippen molar-refractivity contribution in [1.29, 1.82) is 0 Å². The molecule has 2 rings (SSSR count). The van der Waals surface area contributed by atoms with Gasteiger partial charge in [0.05, 0.1) is 6.54 Å². The van der Waals surface area contributed by atoms with E-state index in [1.807, 2.05) is 26.0 Å². The normalized spacial score (nSPS) is 15.4. The molecule has 0 aromatic heterocycles. The fraction of sp³-hybridized carbons (Fsp3) is 0.579. The Bertz CT molecular complexity index is 563. The van der Waals surface area contributed by atoms with Crippen LogP contribution in [-0.2, 0) is 4.79 Å². The first-order valence-electron chi connectivity index (χ1n) is 8.95. The zero-order valence-corrected chi connectivity index (χ0v) is 17.6. The minimum Gasteiger partial charge on any atom is -0.370 e. The van der Waals surface area contributed by atoms with E-state index in [9.17, 15) is 4.79 Å². The molecule has 1 aliphatic rings. The minimum absolute atomic E-state index is 0. The van der Waals surface area contributed by atoms with Crippen molar-refractivity contribution in [2.45, 2.75) is 52.4 Å². The summed E-state index contributed by atoms with van der Waals surface area (Å²) in [4.78, 5) is 16.2. The molecular formula is C19H31IN4O. The number of hydrogen-bond acceptors (Lipinski definition) is 2. The molecule has 140 valence electrons. The fourth-order valence-corrected chi connectivity index (χ4v) is 3.33. The molecule has 0 aliphatic heterocycles. The molecule has 0 spiro atoms. The third-order valence-electron chi connectivity index (χ3n) is 4.41. The molecule has 4 N–H and O–H groups in total. The SMILES string of the molecule is Cc1cc(C)cc(NC(N)=NCCNC(=O)CC2CCCCC2)c1.I. The van der Waals surface area contributed by atoms with E-state index in [1.165, 1.54) is 43.2 Å². The summed E-state index contributed by atoms with van der Waals surface area (Å²) < 4.78 is 0. The number of nitrogens with one attached hydrogen (secondary N) is 2. The van der Waals surface area contributed by atoms with E-state index < -0.39 is 0 Å². The van der Waals surface area contributed by atoms with Crippen molar-refractivity contribution in [3.05, 3.63) is 29.3 Å². The molecule has 0 bridgehead atoms. The van der Waals surface area contributed by atoms with Crippen molar-refractivity contribution in [1.82, 2.24) is 5.32 Å². The molecule has 1 saturated carbocycles. The predicted molar refractivity (Wildman–Crippen MR) is 116 cm³/mol. The summed E-state index contributed by atoms with van der Waals surface area (Å²) in [6.45, 7) is 5.11. The van der Waals surface area contributed by atoms with Crippen molar-refractivity contribution in [2.24, 2.45) is 16.6 Å². The zero-order chi connectivity index (χ0) is 17.4. The average molecular weight is 458 g/mol. The van der Waals surface area contributed by atoms with Crippen LogP contribution in [0, 0.1) is 19.8 Å². The third kappa shape index (κ3) is 8.56. The van der Waals surface area contributed by atoms with Crippen molar-refractivity contribution >= 4 is 41.5 Å². The second-order valence-electron chi connectivity index (χ2n) is 6.83. The highest BCUT2D eigenvalue weighted by atomic mass is 127. The number of carbonyl (C=O) groups excluding carboxylic acids is 1. The van der Waals surface area contributed by atoms with Crippen LogP contribution < -0.4 is 16.4 Å². The number of hydrogen-bond donors (Lipinski definition) is 3. The van der Waals surface area contributed by atoms with Gasteiger partial charge in [-0.2, -0.15) is 0 Å². The fourth-order valence-electron chi connectivity index (χ4n) is 3.33. The van der Waals surface area contributed by atoms with E-state index in [4.69, 9.17) is 5.73 Å². The van der Waals surface area contributed by atoms with Gasteiger partial charge in [-0.25, -0.2) is 0 Å². The van der Waals surface area contributed by atoms with Crippen LogP contribution in [0.1, 0.15) is 49.7 Å². The van der Waals surface area contributed by atoms with Crippen LogP contribution in [0.3, 0.4) is 0 Å². The number of benzene rings is 1. The van der Waals surface area contributed by atoms with E-state index in [1.54, 1.807) is 0 Å². The summed E-state index contributed by atoms with van der Waals surface area (Å²) in [6.07, 6.45) is 6.89. The molecule has 25 heavy (non-hydrogen) atoms. The summed E-state index contributed by atoms with van der Waals surface area (Å²) in [6, 6.07) is 6.17. The molecular weight excluding hydrogens is 427 g/mol. The van der Waals surface area contributed by atoms with Gasteiger partial charge < -0.3 is 16.4 Å². The van der Waals surface area contributed by atoms with Crippen LogP contribution in [0.5, 0.6) is 0 Å². The zero-order valence-electron chi connectivity index (χ0n) is 15.3. The number of anilines is 1. The van der Waals surface area contributed by atoms with Crippen LogP contribution in [0.2, 0.25) is 0 Å². The van der Waals surface area contributed by atoms with Crippen molar-refractivity contribution in [3.8, 4) is 0 Å². The number of aliphatic imine (C=N–C) groups is 1. The number of halogens is 1. The van der Waals surface area contributed by atoms with Crippen LogP contribution in [0.15, 0.2) is 23.2 Å². The molecule has 1 aromatic carbocycles. The van der Waals surface area contributed by atoms with Crippen LogP contribution in [0.25, 0.3) is 0 Å². The molecule has 1 aromatic rings. The highest BCUT2D eigenvalue weighted by Crippen LogP contribution is 2.25. The summed E-state index contributed by atoms with van der Waals surface area (Å²) in [5.41, 5.74) is 9.20. The van der Waals surface area contributed by atoms with Gasteiger partial charge in [-0.15, -0.1) is 24.0 Å². The van der Waals surface area contributed by atoms with Gasteiger partial charge >= 0.3 is 0 Å². The second-order valence-corrected chi connectivity index (χ2v) is 6.83. The van der Waals surface area contributed by atoms with Crippen LogP contribution in [0.4, 0.5) is 5.69 Å². The minimum atomic E-state index is 0. The van der Waals surface area contributed by atoms with Crippen molar-refractivity contribution < 1.29 is 4.79 Å². The lowest BCUT2D eigenvalue weighted by Gasteiger charge is -2.20. The molecule has 0 radical (unpaired) electrons. The lowest BCUT2D eigenvalue weighted by molar-refractivity contribution is -0.122. The largest absolute Gasteiger partial charge is 0.370 e. The van der Waals surface area contributed by atoms with Gasteiger partial charge in [0.25, 0.3) is 0 Å². The van der Waals surface area contributed by atoms with E-state index in [2.05, 4.69) is 21.7 Å². The molecule has 5 nitrogen and oxygen atoms in total. The van der Waals surface area contributed by atoms with Gasteiger partial charge in [-0.05, 0) is 55.9 Å². The number of rotatable bonds is 6. The maximum absolute atomic E-state index is 11.9. The Labute approximate surface area is 168 Å². The van der Waals surface area contributed by atoms with Gasteiger partial charge in [0.2, 0.25) is 5.91 Å². The second kappa shape index (κ2) is 11.3. The summed E-state index contributed by atoms with van der Waals surface area (Å²) >= 11 is 0. The monoisotopic (exact) mass is 458 g/mol. The topological polar surface area (TPSA) is 79.5 Å². The Morgan fingerprint density at radius 3 is 2.44 bits per heavy atom. The highest BCUT2D eigenvalue weighted by molar-refractivity contribution is 14.0. The number of nitrogens with two attached hydrogens (primary N) is 1. The van der Waals surface area contributed by atoms with Crippen molar-refractivity contribution in [2.75, 3.05) is 18.4 Å². The van der Waals surface area contributed by atoms with Gasteiger partial charge in [0, 0.05) is 18.7 Å². The van der Waals surface area contributed by atoms with E-state index in [0.29, 0.717) is 31.4 Å². The lowest BCUT2D eigenvalue weighted by Crippen LogP contribution is -2.30. The summed E-state index contributed by atoms with van der Waals surface area (Å²) in [5, 5.41) is 6.03. The van der Waals surface area contributed by atoms with Gasteiger partial charge in [0.1, 0.15) is 0 Å². The van der Waals surface area contributed by atoms with Crippen LogP contribution >= 0.6 is 24.0 Å². The standard InChI is InChI=1S/C19H30N4O.HI/c1-14-10-15(2)12-17(11-14)23-19(20)22-9-8-21-18(24)13-16-6-4-3-5-7-16;/h10-12,16H,3-9,13H2,1-2H3,(H,21,24)(H3,20,22,23);1H. The number of guanidine groups is 1. The Balaban J connectivity index is 0.00000312. The van der Waals surface area contributed by atoms with Crippen LogP contribution in [-0.4, -0.2) is 25.0 Å². The quantitative estimate of drug-likeness (QED) is 0.263. The smallest absolute Gasteiger partial charge is 0.220 e. The van der Waals surface area contributed by atoms with Gasteiger partial charge in [0.15, 0.2) is 5.96 Å². The number of nitrogens with zero attached hydrogens (tertiary/aromatic N) is 1. The predicted octanol–water partition coefficient (Wildman–Crippen LogP) is 3.73. The molecule has 0 saturated heterocycles. The lowest BCUT2D eigenvalue weighted by atomic mass is 9.87. The third-order valence-corrected chi connectivity index (χ3v) is 4.41. The molecule has 1 amide bonds. The first-order valence-corrected chi connectivity index (χ1v) is 8.95. The molecule has 6 heteroatoms. The molecule has 1 aliphatic carbocycles. The summed E-state index contributed by atoms with van der Waals surface area (Å²) in [5.74, 6) is 1.08. The summed E-state index contributed by atoms with van der Waals surface area (Å²) in [7, 11) is 0. The molecule has 0 heterocycles. The highest BCUT2D eigenvalue weighted by Gasteiger charge is 2.16. The van der Waals surface area contributed by atoms with Gasteiger partial charge in [-0.3, -0.25) is 9.79 Å². The molecule has 1 fully saturated rings. The first kappa shape index (κ1) is 21.7. The van der Waals surface area contributed by atoms with E-state index >= 15 is 0 Å². The first-order chi connectivity index (χ1) is 11.5. The van der Waals surface area contributed by atoms with Gasteiger partial charge in [-0.1, -0.05) is 25.3 Å². The molecule has 0 atom stereocenters. The average Bonchev–Trinajstić information content (AvgIpc) is 2.51. The Hall–Kier alpha value is -1.31. The number of carbonyl (C=O) groups is 1.